The van der Waals surface area contributed by atoms with Crippen LogP contribution in [0.3, 0.4) is 0 Å². The van der Waals surface area contributed by atoms with Gasteiger partial charge >= 0.3 is 0 Å². The van der Waals surface area contributed by atoms with E-state index in [0.717, 1.165) is 0 Å². The molecule has 0 aliphatic rings. The summed E-state index contributed by atoms with van der Waals surface area (Å²) in [4.78, 5) is 20.0. The molecule has 0 spiro atoms. The monoisotopic (exact) mass is 268 g/mol. The highest BCUT2D eigenvalue weighted by Crippen LogP contribution is 2.11. The molecule has 0 aliphatic heterocycles. The molecule has 0 aromatic carbocycles. The predicted octanol–water partition coefficient (Wildman–Crippen LogP) is -0.320. The van der Waals surface area contributed by atoms with Crippen LogP contribution in [0, 0.1) is 5.92 Å². The Kier molecular flexibility index (Phi) is 3.79. The number of nitrogens with two attached hydrogens (primary N) is 1. The molecule has 0 saturated carbocycles. The van der Waals surface area contributed by atoms with Crippen LogP contribution in [0.2, 0.25) is 0 Å². The van der Waals surface area contributed by atoms with Crippen LogP contribution in [0.15, 0.2) is 11.1 Å². The lowest BCUT2D eigenvalue weighted by atomic mass is 10.1. The molecule has 0 fully saturated rings. The highest BCUT2D eigenvalue weighted by molar-refractivity contribution is 5.70. The molecule has 0 saturated heterocycles. The number of anilines is 1. The topological polar surface area (TPSA) is 99.0 Å². The van der Waals surface area contributed by atoms with E-state index in [2.05, 4.69) is 9.97 Å². The first-order valence-electron chi connectivity index (χ1n) is 5.92. The summed E-state index contributed by atoms with van der Waals surface area (Å²) in [7, 11) is 1.52. The number of aryl methyl sites for hydroxylation is 1. The fraction of sp³-hybridized carbons (Fsp3) is 0.545. The van der Waals surface area contributed by atoms with E-state index in [4.69, 9.17) is 10.8 Å². The summed E-state index contributed by atoms with van der Waals surface area (Å²) in [6.07, 6.45) is 1.92. The van der Waals surface area contributed by atoms with Gasteiger partial charge in [0.1, 0.15) is 0 Å². The summed E-state index contributed by atoms with van der Waals surface area (Å²) in [6, 6.07) is 0. The van der Waals surface area contributed by atoms with E-state index in [1.165, 1.54) is 17.9 Å². The molecule has 8 heteroatoms. The Morgan fingerprint density at radius 3 is 2.95 bits per heavy atom. The highest BCUT2D eigenvalue weighted by atomic mass is 18.2. The molecule has 2 heterocycles. The molecule has 104 valence electrons. The number of hydrogen-bond donors (Lipinski definition) is 2. The largest absolute Gasteiger partial charge is 0.396 e. The third-order valence-electron chi connectivity index (χ3n) is 3.14. The number of imidazole rings is 1. The van der Waals surface area contributed by atoms with Gasteiger partial charge in [-0.05, 0) is 6.42 Å². The number of rotatable bonds is 5. The number of nitrogens with zero attached hydrogens (tertiary/aromatic N) is 4. The van der Waals surface area contributed by atoms with Crippen molar-refractivity contribution >= 4 is 17.1 Å². The molecular formula is C11H16FN5O2. The average Bonchev–Trinajstić information content (AvgIpc) is 2.80. The molecule has 2 aromatic rings. The van der Waals surface area contributed by atoms with Gasteiger partial charge in [0.05, 0.1) is 13.0 Å². The summed E-state index contributed by atoms with van der Waals surface area (Å²) >= 11 is 0. The van der Waals surface area contributed by atoms with Crippen LogP contribution in [0.25, 0.3) is 11.2 Å². The van der Waals surface area contributed by atoms with Gasteiger partial charge in [-0.2, -0.15) is 4.98 Å². The van der Waals surface area contributed by atoms with Crippen molar-refractivity contribution in [2.24, 2.45) is 13.0 Å². The second-order valence-corrected chi connectivity index (χ2v) is 4.44. The van der Waals surface area contributed by atoms with Gasteiger partial charge in [0.25, 0.3) is 5.56 Å². The number of alkyl halides is 1. The van der Waals surface area contributed by atoms with E-state index in [1.807, 2.05) is 0 Å². The predicted molar refractivity (Wildman–Crippen MR) is 68.3 cm³/mol. The minimum atomic E-state index is -0.583. The van der Waals surface area contributed by atoms with Gasteiger partial charge in [-0.3, -0.25) is 13.8 Å². The summed E-state index contributed by atoms with van der Waals surface area (Å²) in [6.45, 7) is -0.369. The van der Waals surface area contributed by atoms with E-state index in [0.29, 0.717) is 18.6 Å². The van der Waals surface area contributed by atoms with Gasteiger partial charge in [-0.15, -0.1) is 0 Å². The number of fused-ring (bicyclic) bond motifs is 1. The maximum atomic E-state index is 12.5. The van der Waals surface area contributed by atoms with E-state index in [1.54, 1.807) is 4.57 Å². The number of halogens is 1. The normalized spacial score (nSPS) is 13.0. The third-order valence-corrected chi connectivity index (χ3v) is 3.14. The zero-order valence-electron chi connectivity index (χ0n) is 10.6. The quantitative estimate of drug-likeness (QED) is 0.774. The number of nitrogen functional groups attached to an aromatic ring is 1. The summed E-state index contributed by atoms with van der Waals surface area (Å²) in [5.41, 5.74) is 5.94. The Morgan fingerprint density at radius 2 is 2.32 bits per heavy atom. The van der Waals surface area contributed by atoms with Crippen molar-refractivity contribution in [1.82, 2.24) is 19.1 Å². The van der Waals surface area contributed by atoms with Crippen molar-refractivity contribution in [3.05, 3.63) is 16.7 Å². The van der Waals surface area contributed by atoms with Crippen molar-refractivity contribution in [2.75, 3.05) is 19.0 Å². The molecule has 3 N–H and O–H groups in total. The molecule has 0 radical (unpaired) electrons. The van der Waals surface area contributed by atoms with Crippen LogP contribution < -0.4 is 11.3 Å². The van der Waals surface area contributed by atoms with Crippen molar-refractivity contribution in [1.29, 1.82) is 0 Å². The van der Waals surface area contributed by atoms with Crippen LogP contribution in [0.4, 0.5) is 10.3 Å². The van der Waals surface area contributed by atoms with Gasteiger partial charge in [-0.25, -0.2) is 4.98 Å². The molecule has 0 bridgehead atoms. The number of aliphatic hydroxyl groups is 1. The van der Waals surface area contributed by atoms with Crippen molar-refractivity contribution in [3.63, 3.8) is 0 Å². The second kappa shape index (κ2) is 5.35. The Morgan fingerprint density at radius 1 is 1.58 bits per heavy atom. The SMILES string of the molecule is Cn1c(N)nc2c(ncn2CCC(CO)C[18F])c1=O. The van der Waals surface area contributed by atoms with Crippen LogP contribution in [-0.2, 0) is 13.6 Å². The second-order valence-electron chi connectivity index (χ2n) is 4.44. The minimum absolute atomic E-state index is 0.100. The van der Waals surface area contributed by atoms with Gasteiger partial charge in [0.2, 0.25) is 5.95 Å². The molecule has 1 atom stereocenters. The molecule has 2 aromatic heterocycles. The first-order chi connectivity index (χ1) is 9.08. The number of aromatic nitrogens is 4. The Bertz CT molecular complexity index is 632. The van der Waals surface area contributed by atoms with E-state index in [-0.39, 0.29) is 23.6 Å². The Labute approximate surface area is 108 Å². The molecule has 0 aliphatic carbocycles. The maximum absolute atomic E-state index is 12.5. The van der Waals surface area contributed by atoms with Crippen LogP contribution in [0.5, 0.6) is 0 Å². The fourth-order valence-corrected chi connectivity index (χ4v) is 1.79. The summed E-state index contributed by atoms with van der Waals surface area (Å²) in [5, 5.41) is 8.94. The maximum Gasteiger partial charge on any atom is 0.282 e. The van der Waals surface area contributed by atoms with Crippen molar-refractivity contribution in [2.45, 2.75) is 13.0 Å². The first-order valence-corrected chi connectivity index (χ1v) is 5.92. The summed E-state index contributed by atoms with van der Waals surface area (Å²) in [5.74, 6) is -0.315. The zero-order chi connectivity index (χ0) is 14.0. The van der Waals surface area contributed by atoms with E-state index >= 15 is 0 Å². The lowest BCUT2D eigenvalue weighted by Gasteiger charge is -2.10. The first kappa shape index (κ1) is 13.5. The van der Waals surface area contributed by atoms with E-state index < -0.39 is 12.6 Å². The molecular weight excluding hydrogens is 252 g/mol. The smallest absolute Gasteiger partial charge is 0.282 e. The molecule has 7 nitrogen and oxygen atoms in total. The van der Waals surface area contributed by atoms with Crippen LogP contribution in [-0.4, -0.2) is 37.5 Å². The standard InChI is InChI=1S/C11H16FN5O2/c1-16-10(19)8-9(15-11(16)13)17(6-14-8)3-2-7(4-12)5-18/h6-7,18H,2-5H2,1H3,(H2,13,15)/i12-1. The Hall–Kier alpha value is -1.96. The third kappa shape index (κ3) is 2.43. The molecule has 19 heavy (non-hydrogen) atoms. The van der Waals surface area contributed by atoms with Gasteiger partial charge < -0.3 is 15.4 Å². The van der Waals surface area contributed by atoms with Crippen LogP contribution >= 0.6 is 0 Å². The molecule has 1 unspecified atom stereocenters. The fourth-order valence-electron chi connectivity index (χ4n) is 1.79. The zero-order valence-corrected chi connectivity index (χ0v) is 10.6. The summed E-state index contributed by atoms with van der Waals surface area (Å²) < 4.78 is 15.4. The minimum Gasteiger partial charge on any atom is -0.396 e. The average molecular weight is 268 g/mol. The number of hydrogen-bond acceptors (Lipinski definition) is 5. The van der Waals surface area contributed by atoms with E-state index in [9.17, 15) is 9.18 Å². The highest BCUT2D eigenvalue weighted by Gasteiger charge is 2.13. The van der Waals surface area contributed by atoms with Gasteiger partial charge in [0, 0.05) is 26.1 Å². The number of aliphatic hydroxyl groups excluding tert-OH is 1. The lowest BCUT2D eigenvalue weighted by molar-refractivity contribution is 0.185. The Balaban J connectivity index is 2.33. The molecule has 2 rings (SSSR count). The van der Waals surface area contributed by atoms with Gasteiger partial charge in [-0.1, -0.05) is 0 Å². The van der Waals surface area contributed by atoms with Crippen LogP contribution in [0.1, 0.15) is 6.42 Å². The lowest BCUT2D eigenvalue weighted by Crippen LogP contribution is -2.22. The molecule has 0 amide bonds. The van der Waals surface area contributed by atoms with Gasteiger partial charge in [0.15, 0.2) is 11.2 Å². The van der Waals surface area contributed by atoms with Crippen molar-refractivity contribution in [3.8, 4) is 0 Å². The van der Waals surface area contributed by atoms with Crippen molar-refractivity contribution < 1.29 is 9.50 Å².